The molecule has 1 fully saturated rings. The van der Waals surface area contributed by atoms with Gasteiger partial charge in [-0.3, -0.25) is 0 Å². The van der Waals surface area contributed by atoms with Gasteiger partial charge < -0.3 is 15.1 Å². The van der Waals surface area contributed by atoms with Crippen molar-refractivity contribution in [2.45, 2.75) is 13.0 Å². The van der Waals surface area contributed by atoms with Crippen LogP contribution in [0.2, 0.25) is 0 Å². The highest BCUT2D eigenvalue weighted by Crippen LogP contribution is 2.24. The first-order chi connectivity index (χ1) is 8.33. The zero-order valence-electron chi connectivity index (χ0n) is 10.6. The van der Waals surface area contributed by atoms with Gasteiger partial charge in [-0.1, -0.05) is 6.07 Å². The first kappa shape index (κ1) is 11.1. The molecule has 92 valence electrons. The number of hydrogen-bond acceptors (Lipinski definition) is 3. The Morgan fingerprint density at radius 3 is 2.71 bits per heavy atom. The maximum Gasteiger partial charge on any atom is 0.0370 e. The molecule has 3 nitrogen and oxygen atoms in total. The fourth-order valence-electron chi connectivity index (χ4n) is 2.80. The SMILES string of the molecule is CN1CCc2cc(N3CCNCC3)ccc2C1. The van der Waals surface area contributed by atoms with Crippen LogP contribution in [0.5, 0.6) is 0 Å². The van der Waals surface area contributed by atoms with Crippen LogP contribution >= 0.6 is 0 Å². The Labute approximate surface area is 103 Å². The number of hydrogen-bond donors (Lipinski definition) is 1. The van der Waals surface area contributed by atoms with E-state index in [4.69, 9.17) is 0 Å². The number of nitrogens with one attached hydrogen (secondary N) is 1. The minimum Gasteiger partial charge on any atom is -0.369 e. The van der Waals surface area contributed by atoms with Crippen LogP contribution in [0.4, 0.5) is 5.69 Å². The molecule has 0 bridgehead atoms. The number of piperazine rings is 1. The van der Waals surface area contributed by atoms with Gasteiger partial charge >= 0.3 is 0 Å². The van der Waals surface area contributed by atoms with Gasteiger partial charge in [0.15, 0.2) is 0 Å². The van der Waals surface area contributed by atoms with Gasteiger partial charge in [-0.2, -0.15) is 0 Å². The van der Waals surface area contributed by atoms with E-state index in [-0.39, 0.29) is 0 Å². The quantitative estimate of drug-likeness (QED) is 0.780. The van der Waals surface area contributed by atoms with Crippen LogP contribution in [0.15, 0.2) is 18.2 Å². The largest absolute Gasteiger partial charge is 0.369 e. The summed E-state index contributed by atoms with van der Waals surface area (Å²) in [5.41, 5.74) is 4.48. The summed E-state index contributed by atoms with van der Waals surface area (Å²) in [6.45, 7) is 6.80. The molecule has 0 aromatic heterocycles. The second kappa shape index (κ2) is 4.67. The summed E-state index contributed by atoms with van der Waals surface area (Å²) in [6.07, 6.45) is 1.20. The Balaban J connectivity index is 1.82. The van der Waals surface area contributed by atoms with E-state index in [1.165, 1.54) is 24.2 Å². The van der Waals surface area contributed by atoms with Gasteiger partial charge in [0.05, 0.1) is 0 Å². The summed E-state index contributed by atoms with van der Waals surface area (Å²) in [7, 11) is 2.20. The minimum atomic E-state index is 1.11. The molecule has 3 rings (SSSR count). The average Bonchev–Trinajstić information content (AvgIpc) is 2.39. The van der Waals surface area contributed by atoms with E-state index >= 15 is 0 Å². The minimum absolute atomic E-state index is 1.11. The first-order valence-electron chi connectivity index (χ1n) is 6.59. The lowest BCUT2D eigenvalue weighted by Crippen LogP contribution is -2.43. The normalized spacial score (nSPS) is 21.4. The van der Waals surface area contributed by atoms with E-state index in [0.29, 0.717) is 0 Å². The number of nitrogens with zero attached hydrogens (tertiary/aromatic N) is 2. The molecular formula is C14H21N3. The van der Waals surface area contributed by atoms with Crippen molar-refractivity contribution in [3.05, 3.63) is 29.3 Å². The van der Waals surface area contributed by atoms with E-state index in [9.17, 15) is 0 Å². The molecule has 0 unspecified atom stereocenters. The second-order valence-electron chi connectivity index (χ2n) is 5.18. The fourth-order valence-corrected chi connectivity index (χ4v) is 2.80. The van der Waals surface area contributed by atoms with E-state index in [2.05, 4.69) is 40.4 Å². The zero-order valence-corrected chi connectivity index (χ0v) is 10.6. The first-order valence-corrected chi connectivity index (χ1v) is 6.59. The van der Waals surface area contributed by atoms with Gasteiger partial charge in [-0.15, -0.1) is 0 Å². The summed E-state index contributed by atoms with van der Waals surface area (Å²) in [5.74, 6) is 0. The van der Waals surface area contributed by atoms with Crippen LogP contribution in [-0.2, 0) is 13.0 Å². The van der Waals surface area contributed by atoms with E-state index < -0.39 is 0 Å². The van der Waals surface area contributed by atoms with Crippen molar-refractivity contribution in [1.82, 2.24) is 10.2 Å². The summed E-state index contributed by atoms with van der Waals surface area (Å²) in [4.78, 5) is 4.89. The van der Waals surface area contributed by atoms with E-state index in [0.717, 1.165) is 32.7 Å². The molecule has 0 amide bonds. The molecule has 2 heterocycles. The topological polar surface area (TPSA) is 18.5 Å². The number of fused-ring (bicyclic) bond motifs is 1. The van der Waals surface area contributed by atoms with Crippen LogP contribution in [-0.4, -0.2) is 44.7 Å². The molecule has 1 saturated heterocycles. The summed E-state index contributed by atoms with van der Waals surface area (Å²) >= 11 is 0. The molecule has 0 saturated carbocycles. The zero-order chi connectivity index (χ0) is 11.7. The second-order valence-corrected chi connectivity index (χ2v) is 5.18. The average molecular weight is 231 g/mol. The molecule has 1 aromatic carbocycles. The van der Waals surface area contributed by atoms with E-state index in [1.54, 1.807) is 5.56 Å². The molecule has 0 radical (unpaired) electrons. The predicted octanol–water partition coefficient (Wildman–Crippen LogP) is 1.08. The predicted molar refractivity (Wildman–Crippen MR) is 71.6 cm³/mol. The van der Waals surface area contributed by atoms with Gasteiger partial charge in [0.25, 0.3) is 0 Å². The number of benzene rings is 1. The van der Waals surface area contributed by atoms with Crippen LogP contribution < -0.4 is 10.2 Å². The molecule has 0 atom stereocenters. The molecule has 1 N–H and O–H groups in total. The molecule has 0 aliphatic carbocycles. The van der Waals surface area contributed by atoms with Crippen molar-refractivity contribution in [1.29, 1.82) is 0 Å². The third kappa shape index (κ3) is 2.31. The summed E-state index contributed by atoms with van der Waals surface area (Å²) < 4.78 is 0. The van der Waals surface area contributed by atoms with Gasteiger partial charge in [0, 0.05) is 45.0 Å². The fraction of sp³-hybridized carbons (Fsp3) is 0.571. The lowest BCUT2D eigenvalue weighted by molar-refractivity contribution is 0.313. The highest BCUT2D eigenvalue weighted by molar-refractivity contribution is 5.52. The van der Waals surface area contributed by atoms with Gasteiger partial charge in [-0.25, -0.2) is 0 Å². The van der Waals surface area contributed by atoms with Crippen LogP contribution in [0, 0.1) is 0 Å². The lowest BCUT2D eigenvalue weighted by Gasteiger charge is -2.31. The molecule has 0 spiro atoms. The number of likely N-dealkylation sites (N-methyl/N-ethyl adjacent to an activating group) is 1. The smallest absolute Gasteiger partial charge is 0.0370 e. The maximum atomic E-state index is 3.40. The summed E-state index contributed by atoms with van der Waals surface area (Å²) in [5, 5.41) is 3.40. The van der Waals surface area contributed by atoms with Gasteiger partial charge in [0.1, 0.15) is 0 Å². The highest BCUT2D eigenvalue weighted by atomic mass is 15.2. The van der Waals surface area contributed by atoms with Gasteiger partial charge in [0.2, 0.25) is 0 Å². The third-order valence-corrected chi connectivity index (χ3v) is 3.88. The number of rotatable bonds is 1. The molecule has 2 aliphatic rings. The number of anilines is 1. The van der Waals surface area contributed by atoms with Crippen molar-refractivity contribution in [3.63, 3.8) is 0 Å². The molecule has 1 aromatic rings. The lowest BCUT2D eigenvalue weighted by atomic mass is 9.99. The monoisotopic (exact) mass is 231 g/mol. The van der Waals surface area contributed by atoms with E-state index in [1.807, 2.05) is 0 Å². The molecule has 17 heavy (non-hydrogen) atoms. The molecule has 3 heteroatoms. The van der Waals surface area contributed by atoms with Crippen LogP contribution in [0.1, 0.15) is 11.1 Å². The Kier molecular flexibility index (Phi) is 3.04. The Hall–Kier alpha value is -1.06. The molecular weight excluding hydrogens is 210 g/mol. The van der Waals surface area contributed by atoms with Crippen molar-refractivity contribution in [2.75, 3.05) is 44.7 Å². The Morgan fingerprint density at radius 2 is 1.88 bits per heavy atom. The van der Waals surface area contributed by atoms with Crippen molar-refractivity contribution < 1.29 is 0 Å². The van der Waals surface area contributed by atoms with Crippen LogP contribution in [0.25, 0.3) is 0 Å². The highest BCUT2D eigenvalue weighted by Gasteiger charge is 2.16. The van der Waals surface area contributed by atoms with Gasteiger partial charge in [-0.05, 0) is 36.7 Å². The van der Waals surface area contributed by atoms with Crippen molar-refractivity contribution >= 4 is 5.69 Å². The van der Waals surface area contributed by atoms with Crippen LogP contribution in [0.3, 0.4) is 0 Å². The third-order valence-electron chi connectivity index (χ3n) is 3.88. The molecule has 2 aliphatic heterocycles. The standard InChI is InChI=1S/C14H21N3/c1-16-7-4-12-10-14(3-2-13(12)11-16)17-8-5-15-6-9-17/h2-3,10,15H,4-9,11H2,1H3. The van der Waals surface area contributed by atoms with Crippen molar-refractivity contribution in [3.8, 4) is 0 Å². The maximum absolute atomic E-state index is 3.40. The Morgan fingerprint density at radius 1 is 1.06 bits per heavy atom. The summed E-state index contributed by atoms with van der Waals surface area (Å²) in [6, 6.07) is 7.03. The Bertz CT molecular complexity index is 396. The van der Waals surface area contributed by atoms with Crippen molar-refractivity contribution in [2.24, 2.45) is 0 Å².